The Morgan fingerprint density at radius 2 is 1.53 bits per heavy atom. The van der Waals surface area contributed by atoms with E-state index in [0.29, 0.717) is 0 Å². The number of benzene rings is 1. The van der Waals surface area contributed by atoms with Gasteiger partial charge in [0.25, 0.3) is 0 Å². The summed E-state index contributed by atoms with van der Waals surface area (Å²) in [6, 6.07) is 3.59. The van der Waals surface area contributed by atoms with E-state index in [4.69, 9.17) is 5.73 Å². The van der Waals surface area contributed by atoms with Crippen LogP contribution in [0.25, 0.3) is 0 Å². The number of carbonyl (C=O) groups excluding carboxylic acids is 1. The van der Waals surface area contributed by atoms with Crippen molar-refractivity contribution in [3.63, 3.8) is 0 Å². The highest BCUT2D eigenvalue weighted by Crippen LogP contribution is 2.14. The van der Waals surface area contributed by atoms with Gasteiger partial charge in [-0.15, -0.1) is 0 Å². The third kappa shape index (κ3) is 4.01. The third-order valence-electron chi connectivity index (χ3n) is 2.32. The summed E-state index contributed by atoms with van der Waals surface area (Å²) in [5.74, 6) is -0.809. The summed E-state index contributed by atoms with van der Waals surface area (Å²) in [6.07, 6.45) is 1.02. The first kappa shape index (κ1) is 15.6. The molecule has 1 amide bonds. The second-order valence-electron chi connectivity index (χ2n) is 3.99. The molecule has 0 aromatic heterocycles. The zero-order chi connectivity index (χ0) is 14.8. The SMILES string of the molecule is C[C@@H](NS(=O)(=O)c1ccc(S(C)(=O)=O)cc1)C(N)=O. The Morgan fingerprint density at radius 1 is 1.11 bits per heavy atom. The van der Waals surface area contributed by atoms with Crippen LogP contribution in [0.2, 0.25) is 0 Å². The lowest BCUT2D eigenvalue weighted by atomic mass is 10.4. The van der Waals surface area contributed by atoms with Crippen LogP contribution >= 0.6 is 0 Å². The first-order valence-corrected chi connectivity index (χ1v) is 8.53. The highest BCUT2D eigenvalue weighted by atomic mass is 32.2. The molecule has 0 unspecified atom stereocenters. The molecule has 19 heavy (non-hydrogen) atoms. The van der Waals surface area contributed by atoms with Gasteiger partial charge in [-0.2, -0.15) is 4.72 Å². The van der Waals surface area contributed by atoms with Crippen LogP contribution in [-0.4, -0.2) is 35.0 Å². The molecule has 0 aliphatic heterocycles. The standard InChI is InChI=1S/C10H14N2O5S2/c1-7(10(11)13)12-19(16,17)9-5-3-8(4-6-9)18(2,14)15/h3-7,12H,1-2H3,(H2,11,13)/t7-/m1/s1. The number of primary amides is 1. The maximum Gasteiger partial charge on any atom is 0.241 e. The van der Waals surface area contributed by atoms with Gasteiger partial charge in [0, 0.05) is 6.26 Å². The highest BCUT2D eigenvalue weighted by molar-refractivity contribution is 7.90. The molecule has 1 aromatic carbocycles. The van der Waals surface area contributed by atoms with Crippen molar-refractivity contribution < 1.29 is 21.6 Å². The maximum absolute atomic E-state index is 11.8. The van der Waals surface area contributed by atoms with Crippen molar-refractivity contribution in [1.29, 1.82) is 0 Å². The predicted octanol–water partition coefficient (Wildman–Crippen LogP) is -0.758. The van der Waals surface area contributed by atoms with Crippen molar-refractivity contribution in [3.8, 4) is 0 Å². The van der Waals surface area contributed by atoms with Crippen molar-refractivity contribution in [2.24, 2.45) is 5.73 Å². The Hall–Kier alpha value is -1.45. The Labute approximate surface area is 111 Å². The van der Waals surface area contributed by atoms with E-state index in [0.717, 1.165) is 18.4 Å². The van der Waals surface area contributed by atoms with E-state index in [1.807, 2.05) is 0 Å². The summed E-state index contributed by atoms with van der Waals surface area (Å²) in [5, 5.41) is 0. The van der Waals surface area contributed by atoms with E-state index >= 15 is 0 Å². The minimum absolute atomic E-state index is 0.00870. The average molecular weight is 306 g/mol. The molecule has 0 spiro atoms. The first-order valence-electron chi connectivity index (χ1n) is 5.16. The van der Waals surface area contributed by atoms with Gasteiger partial charge in [-0.3, -0.25) is 4.79 Å². The molecule has 9 heteroatoms. The van der Waals surface area contributed by atoms with E-state index in [-0.39, 0.29) is 9.79 Å². The number of sulfonamides is 1. The number of sulfone groups is 1. The van der Waals surface area contributed by atoms with E-state index in [1.54, 1.807) is 0 Å². The molecule has 1 atom stereocenters. The molecule has 0 bridgehead atoms. The van der Waals surface area contributed by atoms with Crippen LogP contribution in [0.5, 0.6) is 0 Å². The van der Waals surface area contributed by atoms with Crippen molar-refractivity contribution in [2.75, 3.05) is 6.26 Å². The van der Waals surface area contributed by atoms with Crippen LogP contribution in [0.4, 0.5) is 0 Å². The lowest BCUT2D eigenvalue weighted by Crippen LogP contribution is -2.42. The summed E-state index contributed by atoms with van der Waals surface area (Å²) in [7, 11) is -7.30. The number of hydrogen-bond acceptors (Lipinski definition) is 5. The smallest absolute Gasteiger partial charge is 0.241 e. The van der Waals surface area contributed by atoms with Gasteiger partial charge in [-0.05, 0) is 31.2 Å². The van der Waals surface area contributed by atoms with Gasteiger partial charge in [0.05, 0.1) is 15.8 Å². The Balaban J connectivity index is 3.07. The Morgan fingerprint density at radius 3 is 1.89 bits per heavy atom. The number of nitrogens with one attached hydrogen (secondary N) is 1. The van der Waals surface area contributed by atoms with Crippen LogP contribution in [0.3, 0.4) is 0 Å². The largest absolute Gasteiger partial charge is 0.368 e. The third-order valence-corrected chi connectivity index (χ3v) is 5.01. The fraction of sp³-hybridized carbons (Fsp3) is 0.300. The average Bonchev–Trinajstić information content (AvgIpc) is 2.27. The number of carbonyl (C=O) groups is 1. The molecular formula is C10H14N2O5S2. The molecule has 0 heterocycles. The number of hydrogen-bond donors (Lipinski definition) is 2. The van der Waals surface area contributed by atoms with Crippen LogP contribution in [0, 0.1) is 0 Å². The lowest BCUT2D eigenvalue weighted by Gasteiger charge is -2.11. The summed E-state index contributed by atoms with van der Waals surface area (Å²) >= 11 is 0. The van der Waals surface area contributed by atoms with Gasteiger partial charge in [-0.25, -0.2) is 16.8 Å². The Kier molecular flexibility index (Phi) is 4.33. The molecule has 0 saturated heterocycles. The van der Waals surface area contributed by atoms with Gasteiger partial charge in [-0.1, -0.05) is 0 Å². The molecule has 0 aliphatic rings. The van der Waals surface area contributed by atoms with E-state index in [1.165, 1.54) is 19.1 Å². The summed E-state index contributed by atoms with van der Waals surface area (Å²) < 4.78 is 48.2. The molecule has 1 rings (SSSR count). The second kappa shape index (κ2) is 5.27. The number of nitrogens with two attached hydrogens (primary N) is 1. The summed E-state index contributed by atoms with van der Waals surface area (Å²) in [5.41, 5.74) is 4.96. The quantitative estimate of drug-likeness (QED) is 0.740. The lowest BCUT2D eigenvalue weighted by molar-refractivity contribution is -0.119. The van der Waals surface area contributed by atoms with Crippen molar-refractivity contribution >= 4 is 25.8 Å². The minimum atomic E-state index is -3.91. The van der Waals surface area contributed by atoms with Crippen LogP contribution in [0.1, 0.15) is 6.92 Å². The number of amides is 1. The molecular weight excluding hydrogens is 292 g/mol. The molecule has 0 saturated carbocycles. The molecule has 7 nitrogen and oxygen atoms in total. The van der Waals surface area contributed by atoms with Gasteiger partial charge >= 0.3 is 0 Å². The molecule has 0 fully saturated rings. The van der Waals surface area contributed by atoms with Gasteiger partial charge < -0.3 is 5.73 Å². The van der Waals surface area contributed by atoms with Crippen molar-refractivity contribution in [3.05, 3.63) is 24.3 Å². The topological polar surface area (TPSA) is 123 Å². The van der Waals surface area contributed by atoms with Gasteiger partial charge in [0.15, 0.2) is 9.84 Å². The first-order chi connectivity index (χ1) is 8.54. The summed E-state index contributed by atoms with van der Waals surface area (Å²) in [4.78, 5) is 10.7. The van der Waals surface area contributed by atoms with E-state index in [9.17, 15) is 21.6 Å². The molecule has 0 radical (unpaired) electrons. The molecule has 0 aliphatic carbocycles. The normalized spacial score (nSPS) is 14.0. The van der Waals surface area contributed by atoms with Crippen molar-refractivity contribution in [2.45, 2.75) is 22.8 Å². The van der Waals surface area contributed by atoms with Crippen LogP contribution < -0.4 is 10.5 Å². The minimum Gasteiger partial charge on any atom is -0.368 e. The van der Waals surface area contributed by atoms with E-state index in [2.05, 4.69) is 4.72 Å². The monoisotopic (exact) mass is 306 g/mol. The maximum atomic E-state index is 11.8. The zero-order valence-electron chi connectivity index (χ0n) is 10.3. The fourth-order valence-corrected chi connectivity index (χ4v) is 3.07. The molecule has 106 valence electrons. The molecule has 3 N–H and O–H groups in total. The van der Waals surface area contributed by atoms with Gasteiger partial charge in [0.1, 0.15) is 0 Å². The second-order valence-corrected chi connectivity index (χ2v) is 7.72. The van der Waals surface area contributed by atoms with E-state index < -0.39 is 31.8 Å². The molecule has 1 aromatic rings. The van der Waals surface area contributed by atoms with Crippen LogP contribution in [0.15, 0.2) is 34.1 Å². The highest BCUT2D eigenvalue weighted by Gasteiger charge is 2.20. The van der Waals surface area contributed by atoms with Crippen molar-refractivity contribution in [1.82, 2.24) is 4.72 Å². The van der Waals surface area contributed by atoms with Gasteiger partial charge in [0.2, 0.25) is 15.9 Å². The number of rotatable bonds is 5. The zero-order valence-corrected chi connectivity index (χ0v) is 12.0. The Bertz CT molecular complexity index is 677. The van der Waals surface area contributed by atoms with Crippen LogP contribution in [-0.2, 0) is 24.7 Å². The predicted molar refractivity (Wildman–Crippen MR) is 68.5 cm³/mol. The summed E-state index contributed by atoms with van der Waals surface area (Å²) in [6.45, 7) is 1.31. The fourth-order valence-electron chi connectivity index (χ4n) is 1.22.